The van der Waals surface area contributed by atoms with E-state index in [0.717, 1.165) is 5.56 Å². The molecular formula is C16H14N2O3S. The zero-order chi connectivity index (χ0) is 15.6. The van der Waals surface area contributed by atoms with Crippen LogP contribution in [0.15, 0.2) is 70.2 Å². The van der Waals surface area contributed by atoms with E-state index in [1.807, 2.05) is 30.3 Å². The summed E-state index contributed by atoms with van der Waals surface area (Å²) in [6.07, 6.45) is 1.49. The quantitative estimate of drug-likeness (QED) is 0.800. The second-order valence-electron chi connectivity index (χ2n) is 4.81. The van der Waals surface area contributed by atoms with Crippen molar-refractivity contribution in [1.29, 1.82) is 0 Å². The van der Waals surface area contributed by atoms with Crippen LogP contribution in [0.25, 0.3) is 11.1 Å². The number of rotatable bonds is 4. The van der Waals surface area contributed by atoms with Gasteiger partial charge in [0.25, 0.3) is 10.0 Å². The molecular weight excluding hydrogens is 300 g/mol. The number of nitrogens with one attached hydrogen (secondary N) is 1. The summed E-state index contributed by atoms with van der Waals surface area (Å²) in [6, 6.07) is 16.1. The van der Waals surface area contributed by atoms with Crippen LogP contribution in [0.3, 0.4) is 0 Å². The summed E-state index contributed by atoms with van der Waals surface area (Å²) in [7, 11) is -3.73. The van der Waals surface area contributed by atoms with Crippen LogP contribution >= 0.6 is 0 Å². The number of anilines is 1. The number of aryl methyl sites for hydroxylation is 1. The average Bonchev–Trinajstić information content (AvgIpc) is 2.96. The number of hydrogen-bond acceptors (Lipinski definition) is 4. The maximum atomic E-state index is 12.5. The van der Waals surface area contributed by atoms with Gasteiger partial charge in [-0.2, -0.15) is 0 Å². The van der Waals surface area contributed by atoms with Crippen LogP contribution in [0.2, 0.25) is 0 Å². The van der Waals surface area contributed by atoms with Gasteiger partial charge >= 0.3 is 0 Å². The molecule has 6 heteroatoms. The van der Waals surface area contributed by atoms with E-state index in [-0.39, 0.29) is 10.8 Å². The van der Waals surface area contributed by atoms with Crippen molar-refractivity contribution in [3.05, 3.63) is 66.4 Å². The molecule has 112 valence electrons. The van der Waals surface area contributed by atoms with Crippen molar-refractivity contribution in [3.8, 4) is 11.1 Å². The van der Waals surface area contributed by atoms with Gasteiger partial charge in [-0.3, -0.25) is 0 Å². The van der Waals surface area contributed by atoms with E-state index in [4.69, 9.17) is 4.52 Å². The predicted octanol–water partition coefficient (Wildman–Crippen LogP) is 3.45. The fourth-order valence-corrected chi connectivity index (χ4v) is 3.42. The van der Waals surface area contributed by atoms with Gasteiger partial charge < -0.3 is 4.52 Å². The van der Waals surface area contributed by atoms with E-state index in [2.05, 4.69) is 9.88 Å². The van der Waals surface area contributed by atoms with Crippen molar-refractivity contribution < 1.29 is 12.9 Å². The van der Waals surface area contributed by atoms with Crippen LogP contribution in [0, 0.1) is 6.92 Å². The van der Waals surface area contributed by atoms with E-state index in [1.165, 1.54) is 6.20 Å². The van der Waals surface area contributed by atoms with E-state index in [0.29, 0.717) is 11.1 Å². The standard InChI is InChI=1S/C16H14N2O3S/c1-12-7-5-6-10-15(12)22(19,20)18-16-14(11-17-21-16)13-8-3-2-4-9-13/h2-11,18H,1H3. The number of hydrogen-bond donors (Lipinski definition) is 1. The Balaban J connectivity index is 1.98. The minimum absolute atomic E-state index is 0.106. The molecule has 0 fully saturated rings. The summed E-state index contributed by atoms with van der Waals surface area (Å²) in [4.78, 5) is 0.213. The fraction of sp³-hybridized carbons (Fsp3) is 0.0625. The third-order valence-electron chi connectivity index (χ3n) is 3.27. The number of benzene rings is 2. The number of aromatic nitrogens is 1. The molecule has 5 nitrogen and oxygen atoms in total. The lowest BCUT2D eigenvalue weighted by Crippen LogP contribution is -2.14. The van der Waals surface area contributed by atoms with Crippen LogP contribution < -0.4 is 4.72 Å². The van der Waals surface area contributed by atoms with E-state index in [1.54, 1.807) is 31.2 Å². The lowest BCUT2D eigenvalue weighted by molar-refractivity contribution is 0.435. The summed E-state index contributed by atoms with van der Waals surface area (Å²) in [5.74, 6) is 0.106. The van der Waals surface area contributed by atoms with Crippen LogP contribution in [-0.2, 0) is 10.0 Å². The van der Waals surface area contributed by atoms with E-state index in [9.17, 15) is 8.42 Å². The number of sulfonamides is 1. The molecule has 0 aliphatic rings. The Labute approximate surface area is 128 Å². The maximum absolute atomic E-state index is 12.5. The summed E-state index contributed by atoms with van der Waals surface area (Å²) < 4.78 is 32.6. The first-order valence-electron chi connectivity index (χ1n) is 6.66. The van der Waals surface area contributed by atoms with Gasteiger partial charge in [-0.05, 0) is 24.1 Å². The van der Waals surface area contributed by atoms with Gasteiger partial charge in [0.15, 0.2) is 0 Å². The molecule has 1 aromatic heterocycles. The third kappa shape index (κ3) is 2.73. The normalized spacial score (nSPS) is 11.3. The predicted molar refractivity (Wildman–Crippen MR) is 83.9 cm³/mol. The molecule has 0 saturated carbocycles. The van der Waals surface area contributed by atoms with Crippen molar-refractivity contribution in [2.75, 3.05) is 4.72 Å². The van der Waals surface area contributed by atoms with Crippen molar-refractivity contribution in [2.45, 2.75) is 11.8 Å². The van der Waals surface area contributed by atoms with Crippen LogP contribution in [0.4, 0.5) is 5.88 Å². The molecule has 3 rings (SSSR count). The van der Waals surface area contributed by atoms with Gasteiger partial charge in [0.05, 0.1) is 16.7 Å². The summed E-state index contributed by atoms with van der Waals surface area (Å²) in [5, 5.41) is 3.70. The van der Waals surface area contributed by atoms with Gasteiger partial charge in [0.2, 0.25) is 5.88 Å². The molecule has 0 aliphatic heterocycles. The van der Waals surface area contributed by atoms with Crippen LogP contribution in [0.1, 0.15) is 5.56 Å². The van der Waals surface area contributed by atoms with Gasteiger partial charge in [0.1, 0.15) is 0 Å². The highest BCUT2D eigenvalue weighted by Gasteiger charge is 2.21. The Hall–Kier alpha value is -2.60. The third-order valence-corrected chi connectivity index (χ3v) is 4.76. The van der Waals surface area contributed by atoms with Gasteiger partial charge in [-0.25, -0.2) is 13.1 Å². The summed E-state index contributed by atoms with van der Waals surface area (Å²) in [6.45, 7) is 1.74. The molecule has 0 amide bonds. The molecule has 0 aliphatic carbocycles. The molecule has 22 heavy (non-hydrogen) atoms. The highest BCUT2D eigenvalue weighted by Crippen LogP contribution is 2.29. The molecule has 0 saturated heterocycles. The second-order valence-corrected chi connectivity index (χ2v) is 6.46. The Bertz CT molecular complexity index is 887. The first-order chi connectivity index (χ1) is 10.6. The van der Waals surface area contributed by atoms with Crippen LogP contribution in [-0.4, -0.2) is 13.6 Å². The Morgan fingerprint density at radius 3 is 2.41 bits per heavy atom. The van der Waals surface area contributed by atoms with Crippen molar-refractivity contribution in [2.24, 2.45) is 0 Å². The Morgan fingerprint density at radius 2 is 1.68 bits per heavy atom. The SMILES string of the molecule is Cc1ccccc1S(=O)(=O)Nc1oncc1-c1ccccc1. The smallest absolute Gasteiger partial charge is 0.264 e. The monoisotopic (exact) mass is 314 g/mol. The van der Waals surface area contributed by atoms with E-state index >= 15 is 0 Å². The molecule has 0 spiro atoms. The minimum atomic E-state index is -3.73. The molecule has 0 radical (unpaired) electrons. The first kappa shape index (κ1) is 14.3. The fourth-order valence-electron chi connectivity index (χ4n) is 2.17. The van der Waals surface area contributed by atoms with Crippen molar-refractivity contribution >= 4 is 15.9 Å². The molecule has 1 N–H and O–H groups in total. The molecule has 0 atom stereocenters. The lowest BCUT2D eigenvalue weighted by Gasteiger charge is -2.09. The highest BCUT2D eigenvalue weighted by molar-refractivity contribution is 7.92. The van der Waals surface area contributed by atoms with E-state index < -0.39 is 10.0 Å². The zero-order valence-electron chi connectivity index (χ0n) is 11.9. The van der Waals surface area contributed by atoms with Gasteiger partial charge in [-0.15, -0.1) is 0 Å². The molecule has 0 unspecified atom stereocenters. The topological polar surface area (TPSA) is 72.2 Å². The Kier molecular flexibility index (Phi) is 3.68. The first-order valence-corrected chi connectivity index (χ1v) is 8.15. The minimum Gasteiger partial charge on any atom is -0.337 e. The van der Waals surface area contributed by atoms with Gasteiger partial charge in [0, 0.05) is 0 Å². The van der Waals surface area contributed by atoms with Crippen LogP contribution in [0.5, 0.6) is 0 Å². The molecule has 1 heterocycles. The summed E-state index contributed by atoms with van der Waals surface area (Å²) >= 11 is 0. The Morgan fingerprint density at radius 1 is 1.00 bits per heavy atom. The lowest BCUT2D eigenvalue weighted by atomic mass is 10.1. The van der Waals surface area contributed by atoms with Crippen molar-refractivity contribution in [3.63, 3.8) is 0 Å². The summed E-state index contributed by atoms with van der Waals surface area (Å²) in [5.41, 5.74) is 2.08. The largest absolute Gasteiger partial charge is 0.337 e. The molecule has 3 aromatic rings. The van der Waals surface area contributed by atoms with Crippen molar-refractivity contribution in [1.82, 2.24) is 5.16 Å². The molecule has 0 bridgehead atoms. The molecule has 2 aromatic carbocycles. The highest BCUT2D eigenvalue weighted by atomic mass is 32.2. The zero-order valence-corrected chi connectivity index (χ0v) is 12.7. The number of nitrogens with zero attached hydrogens (tertiary/aromatic N) is 1. The average molecular weight is 314 g/mol. The van der Waals surface area contributed by atoms with Gasteiger partial charge in [-0.1, -0.05) is 53.7 Å². The second kappa shape index (κ2) is 5.65. The maximum Gasteiger partial charge on any atom is 0.264 e.